The number of aromatic nitrogens is 1. The highest BCUT2D eigenvalue weighted by molar-refractivity contribution is 9.10. The van der Waals surface area contributed by atoms with E-state index in [9.17, 15) is 0 Å². The molecule has 1 fully saturated rings. The maximum Gasteiger partial charge on any atom is 0.136 e. The Morgan fingerprint density at radius 2 is 2.00 bits per heavy atom. The van der Waals surface area contributed by atoms with E-state index in [1.807, 2.05) is 12.1 Å². The normalized spacial score (nSPS) is 16.2. The van der Waals surface area contributed by atoms with Gasteiger partial charge in [0.15, 0.2) is 0 Å². The van der Waals surface area contributed by atoms with Crippen molar-refractivity contribution in [3.05, 3.63) is 33.9 Å². The van der Waals surface area contributed by atoms with Gasteiger partial charge in [-0.15, -0.1) is 0 Å². The van der Waals surface area contributed by atoms with Crippen LogP contribution in [0, 0.1) is 0 Å². The van der Waals surface area contributed by atoms with E-state index in [4.69, 9.17) is 11.6 Å². The summed E-state index contributed by atoms with van der Waals surface area (Å²) >= 11 is 9.73. The Bertz CT molecular complexity index is 582. The summed E-state index contributed by atoms with van der Waals surface area (Å²) in [7, 11) is 0. The van der Waals surface area contributed by atoms with Crippen molar-refractivity contribution >= 4 is 44.1 Å². The lowest BCUT2D eigenvalue weighted by molar-refractivity contribution is 0.586. The molecule has 1 saturated heterocycles. The van der Waals surface area contributed by atoms with Crippen molar-refractivity contribution < 1.29 is 0 Å². The van der Waals surface area contributed by atoms with Crippen LogP contribution in [-0.2, 0) is 0 Å². The van der Waals surface area contributed by atoms with Crippen LogP contribution in [0.5, 0.6) is 0 Å². The van der Waals surface area contributed by atoms with Crippen LogP contribution in [-0.4, -0.2) is 31.2 Å². The van der Waals surface area contributed by atoms with Gasteiger partial charge in [-0.3, -0.25) is 0 Å². The summed E-state index contributed by atoms with van der Waals surface area (Å²) in [4.78, 5) is 6.82. The molecule has 2 heterocycles. The molecular formula is C13H13BrClN3. The number of halogens is 2. The molecule has 2 aromatic rings. The number of anilines is 1. The minimum absolute atomic E-state index is 0.705. The van der Waals surface area contributed by atoms with Gasteiger partial charge in [0.05, 0.1) is 5.02 Å². The summed E-state index contributed by atoms with van der Waals surface area (Å²) in [5.74, 6) is 1.03. The number of nitrogens with zero attached hydrogens (tertiary/aromatic N) is 2. The molecule has 0 unspecified atom stereocenters. The summed E-state index contributed by atoms with van der Waals surface area (Å²) in [6.45, 7) is 3.96. The van der Waals surface area contributed by atoms with Gasteiger partial charge in [0.2, 0.25) is 0 Å². The molecule has 5 heteroatoms. The molecule has 0 atom stereocenters. The van der Waals surface area contributed by atoms with Gasteiger partial charge in [0.1, 0.15) is 5.82 Å². The van der Waals surface area contributed by atoms with E-state index in [0.717, 1.165) is 47.2 Å². The molecule has 0 radical (unpaired) electrons. The lowest BCUT2D eigenvalue weighted by Crippen LogP contribution is -2.44. The number of fused-ring (bicyclic) bond motifs is 1. The zero-order valence-corrected chi connectivity index (χ0v) is 12.1. The van der Waals surface area contributed by atoms with Gasteiger partial charge in [-0.25, -0.2) is 4.98 Å². The van der Waals surface area contributed by atoms with Gasteiger partial charge in [0, 0.05) is 47.6 Å². The van der Waals surface area contributed by atoms with Crippen molar-refractivity contribution in [3.63, 3.8) is 0 Å². The minimum atomic E-state index is 0.705. The van der Waals surface area contributed by atoms with Crippen LogP contribution >= 0.6 is 27.5 Å². The Hall–Kier alpha value is -0.840. The van der Waals surface area contributed by atoms with E-state index in [-0.39, 0.29) is 0 Å². The largest absolute Gasteiger partial charge is 0.354 e. The molecular weight excluding hydrogens is 314 g/mol. The van der Waals surface area contributed by atoms with Crippen LogP contribution in [0.25, 0.3) is 10.8 Å². The second kappa shape index (κ2) is 5.03. The van der Waals surface area contributed by atoms with Crippen molar-refractivity contribution in [1.29, 1.82) is 0 Å². The number of piperazine rings is 1. The lowest BCUT2D eigenvalue weighted by Gasteiger charge is -2.29. The number of hydrogen-bond acceptors (Lipinski definition) is 3. The van der Waals surface area contributed by atoms with E-state index in [1.165, 1.54) is 0 Å². The van der Waals surface area contributed by atoms with Gasteiger partial charge in [0.25, 0.3) is 0 Å². The molecule has 1 aromatic heterocycles. The monoisotopic (exact) mass is 325 g/mol. The molecule has 18 heavy (non-hydrogen) atoms. The molecule has 3 rings (SSSR count). The fourth-order valence-corrected chi connectivity index (χ4v) is 2.87. The highest BCUT2D eigenvalue weighted by Crippen LogP contribution is 2.32. The fraction of sp³-hybridized carbons (Fsp3) is 0.308. The Kier molecular flexibility index (Phi) is 3.41. The summed E-state index contributed by atoms with van der Waals surface area (Å²) in [5.41, 5.74) is 0. The Balaban J connectivity index is 2.16. The van der Waals surface area contributed by atoms with Gasteiger partial charge >= 0.3 is 0 Å². The van der Waals surface area contributed by atoms with Crippen molar-refractivity contribution in [1.82, 2.24) is 10.3 Å². The topological polar surface area (TPSA) is 28.2 Å². The molecule has 94 valence electrons. The van der Waals surface area contributed by atoms with E-state index in [2.05, 4.69) is 37.2 Å². The molecule has 3 nitrogen and oxygen atoms in total. The van der Waals surface area contributed by atoms with Gasteiger partial charge in [-0.2, -0.15) is 0 Å². The van der Waals surface area contributed by atoms with Crippen LogP contribution in [0.4, 0.5) is 5.82 Å². The highest BCUT2D eigenvalue weighted by Gasteiger charge is 2.15. The average molecular weight is 327 g/mol. The molecule has 0 saturated carbocycles. The zero-order valence-electron chi connectivity index (χ0n) is 9.79. The summed E-state index contributed by atoms with van der Waals surface area (Å²) < 4.78 is 1.05. The van der Waals surface area contributed by atoms with Crippen LogP contribution in [0.2, 0.25) is 5.02 Å². The third-order valence-corrected chi connectivity index (χ3v) is 3.99. The summed E-state index contributed by atoms with van der Waals surface area (Å²) in [6, 6.07) is 6.14. The molecule has 0 amide bonds. The molecule has 1 aliphatic rings. The molecule has 1 N–H and O–H groups in total. The third kappa shape index (κ3) is 2.20. The minimum Gasteiger partial charge on any atom is -0.354 e. The fourth-order valence-electron chi connectivity index (χ4n) is 2.30. The summed E-state index contributed by atoms with van der Waals surface area (Å²) in [5, 5.41) is 6.22. The van der Waals surface area contributed by atoms with E-state index in [0.29, 0.717) is 5.02 Å². The Labute approximate surface area is 119 Å². The van der Waals surface area contributed by atoms with Crippen molar-refractivity contribution in [3.8, 4) is 0 Å². The van der Waals surface area contributed by atoms with Crippen LogP contribution in [0.1, 0.15) is 0 Å². The average Bonchev–Trinajstić information content (AvgIpc) is 2.40. The second-order valence-electron chi connectivity index (χ2n) is 4.36. The van der Waals surface area contributed by atoms with Gasteiger partial charge in [-0.05, 0) is 12.1 Å². The first-order valence-electron chi connectivity index (χ1n) is 5.95. The maximum atomic E-state index is 6.21. The zero-order chi connectivity index (χ0) is 12.5. The van der Waals surface area contributed by atoms with Crippen LogP contribution in [0.3, 0.4) is 0 Å². The molecule has 0 bridgehead atoms. The lowest BCUT2D eigenvalue weighted by atomic mass is 10.1. The van der Waals surface area contributed by atoms with Crippen molar-refractivity contribution in [2.45, 2.75) is 0 Å². The first-order valence-corrected chi connectivity index (χ1v) is 7.12. The Morgan fingerprint density at radius 3 is 2.78 bits per heavy atom. The Morgan fingerprint density at radius 1 is 1.22 bits per heavy atom. The standard InChI is InChI=1S/C13H13BrClN3/c14-9-1-2-10-11(7-9)13(17-8-12(10)15)18-5-3-16-4-6-18/h1-2,7-8,16H,3-6H2. The number of nitrogens with one attached hydrogen (secondary N) is 1. The predicted octanol–water partition coefficient (Wildman–Crippen LogP) is 3.06. The molecule has 1 aromatic carbocycles. The number of benzene rings is 1. The second-order valence-corrected chi connectivity index (χ2v) is 5.68. The van der Waals surface area contributed by atoms with Gasteiger partial charge < -0.3 is 10.2 Å². The number of rotatable bonds is 1. The summed E-state index contributed by atoms with van der Waals surface area (Å²) in [6.07, 6.45) is 1.75. The first-order chi connectivity index (χ1) is 8.75. The molecule has 0 spiro atoms. The maximum absolute atomic E-state index is 6.21. The van der Waals surface area contributed by atoms with Crippen molar-refractivity contribution in [2.24, 2.45) is 0 Å². The molecule has 1 aliphatic heterocycles. The smallest absolute Gasteiger partial charge is 0.136 e. The van der Waals surface area contributed by atoms with E-state index < -0.39 is 0 Å². The first kappa shape index (κ1) is 12.2. The van der Waals surface area contributed by atoms with Crippen LogP contribution in [0.15, 0.2) is 28.9 Å². The highest BCUT2D eigenvalue weighted by atomic mass is 79.9. The van der Waals surface area contributed by atoms with E-state index >= 15 is 0 Å². The van der Waals surface area contributed by atoms with Crippen molar-refractivity contribution in [2.75, 3.05) is 31.1 Å². The predicted molar refractivity (Wildman–Crippen MR) is 79.5 cm³/mol. The van der Waals surface area contributed by atoms with Crippen LogP contribution < -0.4 is 10.2 Å². The number of pyridine rings is 1. The quantitative estimate of drug-likeness (QED) is 0.873. The van der Waals surface area contributed by atoms with Gasteiger partial charge in [-0.1, -0.05) is 33.6 Å². The van der Waals surface area contributed by atoms with E-state index in [1.54, 1.807) is 6.20 Å². The molecule has 0 aliphatic carbocycles. The number of hydrogen-bond donors (Lipinski definition) is 1. The third-order valence-electron chi connectivity index (χ3n) is 3.20. The SMILES string of the molecule is Clc1cnc(N2CCNCC2)c2cc(Br)ccc12.